The molecule has 3 aromatic carbocycles. The molecule has 0 bridgehead atoms. The number of amides is 2. The molecule has 2 amide bonds. The molecule has 1 aliphatic rings. The zero-order valence-electron chi connectivity index (χ0n) is 24.5. The summed E-state index contributed by atoms with van der Waals surface area (Å²) in [6.45, 7) is 6.43. The molecular weight excluding hydrogens is 532 g/mol. The van der Waals surface area contributed by atoms with Crippen LogP contribution in [0, 0.1) is 5.41 Å². The summed E-state index contributed by atoms with van der Waals surface area (Å²) in [6.07, 6.45) is -0.198. The minimum atomic E-state index is -0.994. The summed E-state index contributed by atoms with van der Waals surface area (Å²) in [6, 6.07) is 24.8. The van der Waals surface area contributed by atoms with Crippen molar-refractivity contribution in [2.24, 2.45) is 5.41 Å². The number of aliphatic carboxylic acids is 1. The first kappa shape index (κ1) is 30.8. The Labute approximate surface area is 247 Å². The third-order valence-electron chi connectivity index (χ3n) is 7.84. The molecule has 1 aliphatic carbocycles. The van der Waals surface area contributed by atoms with Gasteiger partial charge in [0.25, 0.3) is 0 Å². The molecule has 0 aromatic heterocycles. The van der Waals surface area contributed by atoms with Gasteiger partial charge < -0.3 is 25.2 Å². The van der Waals surface area contributed by atoms with Crippen LogP contribution in [0.25, 0.3) is 11.1 Å². The molecule has 0 spiro atoms. The van der Waals surface area contributed by atoms with Gasteiger partial charge in [-0.2, -0.15) is 0 Å². The van der Waals surface area contributed by atoms with Gasteiger partial charge in [-0.15, -0.1) is 0 Å². The van der Waals surface area contributed by atoms with Gasteiger partial charge in [-0.05, 0) is 53.0 Å². The Morgan fingerprint density at radius 3 is 2.10 bits per heavy atom. The summed E-state index contributed by atoms with van der Waals surface area (Å²) < 4.78 is 11.7. The highest BCUT2D eigenvalue weighted by atomic mass is 16.5. The lowest BCUT2D eigenvalue weighted by molar-refractivity contribution is -0.137. The highest BCUT2D eigenvalue weighted by molar-refractivity contribution is 5.86. The molecule has 0 aliphatic heterocycles. The maximum Gasteiger partial charge on any atom is 0.407 e. The highest BCUT2D eigenvalue weighted by Gasteiger charge is 2.32. The van der Waals surface area contributed by atoms with Crippen molar-refractivity contribution in [2.45, 2.75) is 64.7 Å². The Morgan fingerprint density at radius 1 is 0.881 bits per heavy atom. The first-order valence-corrected chi connectivity index (χ1v) is 14.4. The molecule has 222 valence electrons. The number of hydrogen-bond donors (Lipinski definition) is 3. The second-order valence-electron chi connectivity index (χ2n) is 11.5. The SMILES string of the molecule is CC(OCc1ccccc1)C(NC(=O)OCC1c2ccccc2-c2ccccc21)C(=O)NCCC(C)(C)CCC(=O)O. The Bertz CT molecular complexity index is 1330. The van der Waals surface area contributed by atoms with Gasteiger partial charge >= 0.3 is 12.1 Å². The van der Waals surface area contributed by atoms with Crippen LogP contribution in [0.15, 0.2) is 78.9 Å². The van der Waals surface area contributed by atoms with E-state index in [0.29, 0.717) is 19.4 Å². The van der Waals surface area contributed by atoms with Gasteiger partial charge in [0.2, 0.25) is 5.91 Å². The number of ether oxygens (including phenoxy) is 2. The van der Waals surface area contributed by atoms with Crippen molar-refractivity contribution < 1.29 is 29.0 Å². The van der Waals surface area contributed by atoms with E-state index in [2.05, 4.69) is 34.9 Å². The Kier molecular flexibility index (Phi) is 10.4. The van der Waals surface area contributed by atoms with Crippen LogP contribution in [0.2, 0.25) is 0 Å². The lowest BCUT2D eigenvalue weighted by atomic mass is 9.84. The third kappa shape index (κ3) is 8.19. The number of benzene rings is 3. The lowest BCUT2D eigenvalue weighted by Crippen LogP contribution is -2.53. The fraction of sp³-hybridized carbons (Fsp3) is 0.382. The van der Waals surface area contributed by atoms with Crippen LogP contribution in [0.3, 0.4) is 0 Å². The number of nitrogens with one attached hydrogen (secondary N) is 2. The number of fused-ring (bicyclic) bond motifs is 3. The van der Waals surface area contributed by atoms with E-state index in [4.69, 9.17) is 14.6 Å². The van der Waals surface area contributed by atoms with Crippen LogP contribution in [-0.4, -0.2) is 48.4 Å². The van der Waals surface area contributed by atoms with E-state index in [1.165, 1.54) is 0 Å². The molecule has 0 saturated carbocycles. The summed E-state index contributed by atoms with van der Waals surface area (Å²) in [4.78, 5) is 37.4. The monoisotopic (exact) mass is 572 g/mol. The van der Waals surface area contributed by atoms with E-state index in [1.807, 2.05) is 68.4 Å². The number of carboxylic acid groups (broad SMARTS) is 1. The van der Waals surface area contributed by atoms with Crippen molar-refractivity contribution >= 4 is 18.0 Å². The van der Waals surface area contributed by atoms with Crippen LogP contribution in [0.4, 0.5) is 4.79 Å². The van der Waals surface area contributed by atoms with Crippen LogP contribution in [0.1, 0.15) is 62.6 Å². The summed E-state index contributed by atoms with van der Waals surface area (Å²) in [7, 11) is 0. The zero-order chi connectivity index (χ0) is 30.1. The molecular formula is C34H40N2O6. The van der Waals surface area contributed by atoms with E-state index in [0.717, 1.165) is 27.8 Å². The molecule has 0 saturated heterocycles. The highest BCUT2D eigenvalue weighted by Crippen LogP contribution is 2.44. The fourth-order valence-corrected chi connectivity index (χ4v) is 5.27. The molecule has 3 N–H and O–H groups in total. The minimum Gasteiger partial charge on any atom is -0.481 e. The molecule has 2 atom stereocenters. The smallest absolute Gasteiger partial charge is 0.407 e. The Balaban J connectivity index is 1.39. The van der Waals surface area contributed by atoms with Crippen LogP contribution in [0.5, 0.6) is 0 Å². The second-order valence-corrected chi connectivity index (χ2v) is 11.5. The molecule has 2 unspecified atom stereocenters. The predicted molar refractivity (Wildman–Crippen MR) is 161 cm³/mol. The summed E-state index contributed by atoms with van der Waals surface area (Å²) in [5.74, 6) is -1.34. The Morgan fingerprint density at radius 2 is 1.48 bits per heavy atom. The van der Waals surface area contributed by atoms with E-state index in [-0.39, 0.29) is 31.0 Å². The molecule has 3 aromatic rings. The molecule has 4 rings (SSSR count). The number of carbonyl (C=O) groups excluding carboxylic acids is 2. The number of alkyl carbamates (subject to hydrolysis) is 1. The maximum absolute atomic E-state index is 13.3. The van der Waals surface area contributed by atoms with Gasteiger partial charge in [-0.25, -0.2) is 4.79 Å². The van der Waals surface area contributed by atoms with Crippen LogP contribution in [-0.2, 0) is 25.7 Å². The number of carbonyl (C=O) groups is 3. The number of carboxylic acids is 1. The number of hydrogen-bond acceptors (Lipinski definition) is 5. The van der Waals surface area contributed by atoms with Gasteiger partial charge in [0.15, 0.2) is 0 Å². The van der Waals surface area contributed by atoms with Crippen molar-refractivity contribution in [2.75, 3.05) is 13.2 Å². The lowest BCUT2D eigenvalue weighted by Gasteiger charge is -2.27. The zero-order valence-corrected chi connectivity index (χ0v) is 24.5. The van der Waals surface area contributed by atoms with Gasteiger partial charge in [0, 0.05) is 18.9 Å². The van der Waals surface area contributed by atoms with Crippen molar-refractivity contribution in [3.05, 3.63) is 95.6 Å². The largest absolute Gasteiger partial charge is 0.481 e. The van der Waals surface area contributed by atoms with Gasteiger partial charge in [0.05, 0.1) is 12.7 Å². The van der Waals surface area contributed by atoms with E-state index in [1.54, 1.807) is 6.92 Å². The van der Waals surface area contributed by atoms with Crippen molar-refractivity contribution in [3.8, 4) is 11.1 Å². The minimum absolute atomic E-state index is 0.0667. The summed E-state index contributed by atoms with van der Waals surface area (Å²) >= 11 is 0. The van der Waals surface area contributed by atoms with Gasteiger partial charge in [0.1, 0.15) is 12.6 Å². The average molecular weight is 573 g/mol. The van der Waals surface area contributed by atoms with Gasteiger partial charge in [-0.1, -0.05) is 92.7 Å². The predicted octanol–water partition coefficient (Wildman–Crippen LogP) is 5.90. The molecule has 0 radical (unpaired) electrons. The molecule has 42 heavy (non-hydrogen) atoms. The van der Waals surface area contributed by atoms with Crippen LogP contribution >= 0.6 is 0 Å². The van der Waals surface area contributed by atoms with Gasteiger partial charge in [-0.3, -0.25) is 9.59 Å². The molecule has 0 heterocycles. The van der Waals surface area contributed by atoms with Crippen molar-refractivity contribution in [1.82, 2.24) is 10.6 Å². The quantitative estimate of drug-likeness (QED) is 0.222. The second kappa shape index (κ2) is 14.1. The van der Waals surface area contributed by atoms with Crippen molar-refractivity contribution in [1.29, 1.82) is 0 Å². The maximum atomic E-state index is 13.3. The first-order valence-electron chi connectivity index (χ1n) is 14.4. The summed E-state index contributed by atoms with van der Waals surface area (Å²) in [5, 5.41) is 14.6. The Hall–Kier alpha value is -4.17. The van der Waals surface area contributed by atoms with E-state index in [9.17, 15) is 14.4 Å². The first-order chi connectivity index (χ1) is 20.1. The number of rotatable bonds is 14. The standard InChI is InChI=1S/C34H40N2O6/c1-23(41-21-24-11-5-4-6-12-24)31(32(39)35-20-19-34(2,3)18-17-30(37)38)36-33(40)42-22-29-27-15-9-7-13-25(27)26-14-8-10-16-28(26)29/h4-16,23,29,31H,17-22H2,1-3H3,(H,35,39)(H,36,40)(H,37,38). The fourth-order valence-electron chi connectivity index (χ4n) is 5.27. The third-order valence-corrected chi connectivity index (χ3v) is 7.84. The normalized spacial score (nSPS) is 13.9. The molecule has 8 nitrogen and oxygen atoms in total. The molecule has 8 heteroatoms. The summed E-state index contributed by atoms with van der Waals surface area (Å²) in [5.41, 5.74) is 5.15. The van der Waals surface area contributed by atoms with E-state index < -0.39 is 30.1 Å². The molecule has 0 fully saturated rings. The topological polar surface area (TPSA) is 114 Å². The van der Waals surface area contributed by atoms with Crippen LogP contribution < -0.4 is 10.6 Å². The van der Waals surface area contributed by atoms with E-state index >= 15 is 0 Å². The van der Waals surface area contributed by atoms with Crippen molar-refractivity contribution in [3.63, 3.8) is 0 Å². The average Bonchev–Trinajstić information content (AvgIpc) is 3.30.